The summed E-state index contributed by atoms with van der Waals surface area (Å²) in [5.74, 6) is -1.85. The molecule has 4 heterocycles. The lowest BCUT2D eigenvalue weighted by Crippen LogP contribution is -2.42. The number of rotatable bonds is 5. The van der Waals surface area contributed by atoms with Gasteiger partial charge in [0.05, 0.1) is 24.8 Å². The van der Waals surface area contributed by atoms with Crippen molar-refractivity contribution in [3.05, 3.63) is 100 Å². The van der Waals surface area contributed by atoms with Crippen molar-refractivity contribution >= 4 is 6.09 Å². The van der Waals surface area contributed by atoms with Gasteiger partial charge in [-0.25, -0.2) is 13.6 Å². The van der Waals surface area contributed by atoms with Gasteiger partial charge in [0.1, 0.15) is 6.61 Å². The predicted molar refractivity (Wildman–Crippen MR) is 128 cm³/mol. The van der Waals surface area contributed by atoms with E-state index in [1.165, 1.54) is 17.2 Å². The summed E-state index contributed by atoms with van der Waals surface area (Å²) in [6.45, 7) is 3.97. The van der Waals surface area contributed by atoms with Gasteiger partial charge in [-0.1, -0.05) is 30.3 Å². The molecule has 0 N–H and O–H groups in total. The van der Waals surface area contributed by atoms with E-state index in [1.807, 2.05) is 42.7 Å². The molecule has 186 valence electrons. The number of cyclic esters (lactones) is 1. The number of hydrogen-bond acceptors (Lipinski definition) is 5. The van der Waals surface area contributed by atoms with Crippen LogP contribution in [-0.2, 0) is 28.2 Å². The molecule has 2 fully saturated rings. The standard InChI is InChI=1S/C28H27F2N3O3/c29-24-6-5-21(15-25(24)30)26(33-13-14-35-27(33)34)20-3-1-19(2-4-20)17-32-11-8-28(9-12-32)23-16-31-10-7-22(23)18-36-28/h1-7,10,15-16,26H,8-9,11-14,17-18H2. The quantitative estimate of drug-likeness (QED) is 0.507. The summed E-state index contributed by atoms with van der Waals surface area (Å²) >= 11 is 0. The van der Waals surface area contributed by atoms with Crippen LogP contribution >= 0.6 is 0 Å². The molecule has 2 saturated heterocycles. The first-order valence-electron chi connectivity index (χ1n) is 12.3. The summed E-state index contributed by atoms with van der Waals surface area (Å²) in [5, 5.41) is 0. The molecule has 6 nitrogen and oxygen atoms in total. The highest BCUT2D eigenvalue weighted by atomic mass is 19.2. The number of pyridine rings is 1. The van der Waals surface area contributed by atoms with Crippen molar-refractivity contribution in [3.8, 4) is 0 Å². The van der Waals surface area contributed by atoms with E-state index >= 15 is 0 Å². The summed E-state index contributed by atoms with van der Waals surface area (Å²) in [6.07, 6.45) is 5.18. The van der Waals surface area contributed by atoms with Gasteiger partial charge >= 0.3 is 6.09 Å². The van der Waals surface area contributed by atoms with Crippen LogP contribution < -0.4 is 0 Å². The van der Waals surface area contributed by atoms with E-state index in [-0.39, 0.29) is 12.2 Å². The van der Waals surface area contributed by atoms with Gasteiger partial charge in [0.25, 0.3) is 0 Å². The van der Waals surface area contributed by atoms with Gasteiger partial charge in [-0.15, -0.1) is 0 Å². The number of nitrogens with zero attached hydrogens (tertiary/aromatic N) is 3. The molecule has 0 saturated carbocycles. The Morgan fingerprint density at radius 3 is 2.47 bits per heavy atom. The van der Waals surface area contributed by atoms with Crippen LogP contribution in [0.4, 0.5) is 13.6 Å². The smallest absolute Gasteiger partial charge is 0.410 e. The third-order valence-corrected chi connectivity index (χ3v) is 7.63. The van der Waals surface area contributed by atoms with E-state index in [2.05, 4.69) is 9.88 Å². The first kappa shape index (κ1) is 23.1. The van der Waals surface area contributed by atoms with Gasteiger partial charge in [-0.3, -0.25) is 14.8 Å². The van der Waals surface area contributed by atoms with Gasteiger partial charge in [0.2, 0.25) is 0 Å². The molecule has 0 aliphatic carbocycles. The Morgan fingerprint density at radius 1 is 0.972 bits per heavy atom. The highest BCUT2D eigenvalue weighted by Crippen LogP contribution is 2.43. The SMILES string of the molecule is O=C1OCCN1C(c1ccc(CN2CCC3(CC2)OCc2ccncc23)cc1)c1ccc(F)c(F)c1. The number of ether oxygens (including phenoxy) is 2. The Balaban J connectivity index is 1.17. The minimum Gasteiger partial charge on any atom is -0.448 e. The van der Waals surface area contributed by atoms with Crippen molar-refractivity contribution in [2.75, 3.05) is 26.2 Å². The fourth-order valence-electron chi connectivity index (χ4n) is 5.68. The molecule has 0 bridgehead atoms. The summed E-state index contributed by atoms with van der Waals surface area (Å²) in [7, 11) is 0. The molecule has 8 heteroatoms. The second-order valence-corrected chi connectivity index (χ2v) is 9.72. The van der Waals surface area contributed by atoms with Gasteiger partial charge in [-0.05, 0) is 53.3 Å². The summed E-state index contributed by atoms with van der Waals surface area (Å²) in [5.41, 5.74) is 4.74. The van der Waals surface area contributed by atoms with Gasteiger partial charge < -0.3 is 9.47 Å². The molecule has 3 aliphatic rings. The van der Waals surface area contributed by atoms with Crippen molar-refractivity contribution in [1.29, 1.82) is 0 Å². The highest BCUT2D eigenvalue weighted by Gasteiger charge is 2.42. The minimum absolute atomic E-state index is 0.216. The number of likely N-dealkylation sites (tertiary alicyclic amines) is 1. The van der Waals surface area contributed by atoms with Crippen molar-refractivity contribution in [3.63, 3.8) is 0 Å². The summed E-state index contributed by atoms with van der Waals surface area (Å²) in [4.78, 5) is 20.6. The number of halogens is 2. The van der Waals surface area contributed by atoms with Crippen LogP contribution in [0.25, 0.3) is 0 Å². The average Bonchev–Trinajstić information content (AvgIpc) is 3.48. The average molecular weight is 492 g/mol. The molecule has 2 aromatic carbocycles. The lowest BCUT2D eigenvalue weighted by molar-refractivity contribution is -0.0800. The molecule has 6 rings (SSSR count). The van der Waals surface area contributed by atoms with E-state index in [0.29, 0.717) is 18.7 Å². The van der Waals surface area contributed by atoms with E-state index in [0.717, 1.165) is 55.7 Å². The van der Waals surface area contributed by atoms with Crippen LogP contribution in [0.5, 0.6) is 0 Å². The van der Waals surface area contributed by atoms with Crippen LogP contribution in [0, 0.1) is 11.6 Å². The number of amides is 1. The minimum atomic E-state index is -0.936. The monoisotopic (exact) mass is 491 g/mol. The maximum absolute atomic E-state index is 14.0. The molecule has 3 aromatic rings. The fraction of sp³-hybridized carbons (Fsp3) is 0.357. The number of carbonyl (C=O) groups is 1. The molecule has 1 unspecified atom stereocenters. The van der Waals surface area contributed by atoms with E-state index in [9.17, 15) is 13.6 Å². The fourth-order valence-corrected chi connectivity index (χ4v) is 5.68. The number of piperidine rings is 1. The van der Waals surface area contributed by atoms with Crippen LogP contribution in [0.1, 0.15) is 46.7 Å². The topological polar surface area (TPSA) is 54.9 Å². The lowest BCUT2D eigenvalue weighted by atomic mass is 9.84. The summed E-state index contributed by atoms with van der Waals surface area (Å²) in [6, 6.07) is 13.3. The second-order valence-electron chi connectivity index (χ2n) is 9.72. The van der Waals surface area contributed by atoms with Crippen molar-refractivity contribution in [2.24, 2.45) is 0 Å². The number of aromatic nitrogens is 1. The zero-order chi connectivity index (χ0) is 24.7. The normalized spacial score (nSPS) is 19.9. The Hall–Kier alpha value is -3.36. The molecular weight excluding hydrogens is 464 g/mol. The maximum atomic E-state index is 14.0. The number of carbonyl (C=O) groups excluding carboxylic acids is 1. The van der Waals surface area contributed by atoms with Gasteiger partial charge in [-0.2, -0.15) is 0 Å². The van der Waals surface area contributed by atoms with Crippen LogP contribution in [0.2, 0.25) is 0 Å². The third-order valence-electron chi connectivity index (χ3n) is 7.63. The van der Waals surface area contributed by atoms with Crippen LogP contribution in [0.15, 0.2) is 60.9 Å². The molecular formula is C28H27F2N3O3. The largest absolute Gasteiger partial charge is 0.448 e. The first-order valence-corrected chi connectivity index (χ1v) is 12.3. The predicted octanol–water partition coefficient (Wildman–Crippen LogP) is 4.92. The molecule has 1 amide bonds. The van der Waals surface area contributed by atoms with Crippen molar-refractivity contribution < 1.29 is 23.0 Å². The Bertz CT molecular complexity index is 1280. The molecule has 0 radical (unpaired) electrons. The molecule has 1 spiro atoms. The maximum Gasteiger partial charge on any atom is 0.410 e. The number of hydrogen-bond donors (Lipinski definition) is 0. The zero-order valence-electron chi connectivity index (χ0n) is 19.8. The van der Waals surface area contributed by atoms with Crippen molar-refractivity contribution in [1.82, 2.24) is 14.8 Å². The van der Waals surface area contributed by atoms with Crippen LogP contribution in [-0.4, -0.2) is 47.1 Å². The Kier molecular flexibility index (Phi) is 5.93. The van der Waals surface area contributed by atoms with Crippen molar-refractivity contribution in [2.45, 2.75) is 37.6 Å². The zero-order valence-corrected chi connectivity index (χ0v) is 19.8. The highest BCUT2D eigenvalue weighted by molar-refractivity contribution is 5.71. The van der Waals surface area contributed by atoms with E-state index in [4.69, 9.17) is 9.47 Å². The van der Waals surface area contributed by atoms with Gasteiger partial charge in [0.15, 0.2) is 11.6 Å². The molecule has 1 aromatic heterocycles. The molecule has 36 heavy (non-hydrogen) atoms. The van der Waals surface area contributed by atoms with E-state index < -0.39 is 23.8 Å². The van der Waals surface area contributed by atoms with Crippen LogP contribution in [0.3, 0.4) is 0 Å². The molecule has 3 aliphatic heterocycles. The molecule has 1 atom stereocenters. The first-order chi connectivity index (χ1) is 17.5. The third kappa shape index (κ3) is 4.14. The van der Waals surface area contributed by atoms with Gasteiger partial charge in [0, 0.05) is 37.6 Å². The Labute approximate surface area is 208 Å². The lowest BCUT2D eigenvalue weighted by Gasteiger charge is -2.39. The summed E-state index contributed by atoms with van der Waals surface area (Å²) < 4.78 is 39.0. The number of fused-ring (bicyclic) bond motifs is 2. The number of benzene rings is 2. The Morgan fingerprint density at radius 2 is 1.75 bits per heavy atom. The van der Waals surface area contributed by atoms with E-state index in [1.54, 1.807) is 4.90 Å². The second kappa shape index (κ2) is 9.26.